The molecule has 0 saturated heterocycles. The Bertz CT molecular complexity index is 378. The van der Waals surface area contributed by atoms with Gasteiger partial charge in [0.1, 0.15) is 5.75 Å². The van der Waals surface area contributed by atoms with Crippen LogP contribution in [0.25, 0.3) is 0 Å². The van der Waals surface area contributed by atoms with E-state index < -0.39 is 0 Å². The zero-order chi connectivity index (χ0) is 12.3. The van der Waals surface area contributed by atoms with Gasteiger partial charge >= 0.3 is 0 Å². The summed E-state index contributed by atoms with van der Waals surface area (Å²) < 4.78 is 5.28. The second kappa shape index (κ2) is 4.93. The van der Waals surface area contributed by atoms with Crippen LogP contribution < -0.4 is 15.8 Å². The van der Waals surface area contributed by atoms with Gasteiger partial charge in [0.2, 0.25) is 0 Å². The van der Waals surface area contributed by atoms with Gasteiger partial charge in [-0.15, -0.1) is 0 Å². The number of halogens is 1. The summed E-state index contributed by atoms with van der Waals surface area (Å²) in [5, 5.41) is 4.05. The summed E-state index contributed by atoms with van der Waals surface area (Å²) >= 11 is 6.04. The Kier molecular flexibility index (Phi) is 4.05. The Balaban J connectivity index is 3.08. The molecule has 0 aromatic heterocycles. The van der Waals surface area contributed by atoms with E-state index >= 15 is 0 Å². The Hall–Kier alpha value is -0.930. The standard InChI is InChI=1S/C12H19ClN2O/c1-8-5-10(15-12(2,3)7-14)11(16-4)6-9(8)13/h5-6,15H,7,14H2,1-4H3. The molecule has 0 radical (unpaired) electrons. The van der Waals surface area contributed by atoms with E-state index in [0.29, 0.717) is 11.6 Å². The molecular formula is C12H19ClN2O. The maximum absolute atomic E-state index is 6.04. The van der Waals surface area contributed by atoms with Crippen LogP contribution >= 0.6 is 11.6 Å². The highest BCUT2D eigenvalue weighted by Gasteiger charge is 2.17. The topological polar surface area (TPSA) is 47.3 Å². The molecule has 0 amide bonds. The van der Waals surface area contributed by atoms with Gasteiger partial charge in [-0.05, 0) is 32.4 Å². The van der Waals surface area contributed by atoms with Gasteiger partial charge < -0.3 is 15.8 Å². The SMILES string of the molecule is COc1cc(Cl)c(C)cc1NC(C)(C)CN. The fourth-order valence-corrected chi connectivity index (χ4v) is 1.50. The number of hydrogen-bond donors (Lipinski definition) is 2. The minimum atomic E-state index is -0.173. The second-order valence-corrected chi connectivity index (χ2v) is 4.92. The number of hydrogen-bond acceptors (Lipinski definition) is 3. The number of benzene rings is 1. The van der Waals surface area contributed by atoms with Crippen LogP contribution in [0.15, 0.2) is 12.1 Å². The van der Waals surface area contributed by atoms with Gasteiger partial charge in [-0.3, -0.25) is 0 Å². The molecule has 0 spiro atoms. The number of ether oxygens (including phenoxy) is 1. The maximum Gasteiger partial charge on any atom is 0.143 e. The normalized spacial score (nSPS) is 11.4. The second-order valence-electron chi connectivity index (χ2n) is 4.51. The van der Waals surface area contributed by atoms with Crippen molar-refractivity contribution in [3.8, 4) is 5.75 Å². The molecule has 3 N–H and O–H groups in total. The number of methoxy groups -OCH3 is 1. The fourth-order valence-electron chi connectivity index (χ4n) is 1.35. The minimum Gasteiger partial charge on any atom is -0.495 e. The van der Waals surface area contributed by atoms with Gasteiger partial charge in [0.25, 0.3) is 0 Å². The number of nitrogens with two attached hydrogens (primary N) is 1. The molecule has 3 nitrogen and oxygen atoms in total. The summed E-state index contributed by atoms with van der Waals surface area (Å²) in [4.78, 5) is 0. The minimum absolute atomic E-state index is 0.173. The highest BCUT2D eigenvalue weighted by Crippen LogP contribution is 2.32. The lowest BCUT2D eigenvalue weighted by Crippen LogP contribution is -2.39. The zero-order valence-corrected chi connectivity index (χ0v) is 11.0. The molecular weight excluding hydrogens is 224 g/mol. The third-order valence-corrected chi connectivity index (χ3v) is 2.87. The first kappa shape index (κ1) is 13.1. The third-order valence-electron chi connectivity index (χ3n) is 2.46. The summed E-state index contributed by atoms with van der Waals surface area (Å²) in [6, 6.07) is 3.78. The number of rotatable bonds is 4. The largest absolute Gasteiger partial charge is 0.495 e. The number of aryl methyl sites for hydroxylation is 1. The van der Waals surface area contributed by atoms with E-state index in [1.165, 1.54) is 0 Å². The molecule has 0 aliphatic heterocycles. The van der Waals surface area contributed by atoms with E-state index in [4.69, 9.17) is 22.1 Å². The van der Waals surface area contributed by atoms with Gasteiger partial charge in [-0.1, -0.05) is 11.6 Å². The highest BCUT2D eigenvalue weighted by molar-refractivity contribution is 6.31. The van der Waals surface area contributed by atoms with Gasteiger partial charge in [0.15, 0.2) is 0 Å². The molecule has 0 aliphatic rings. The summed E-state index contributed by atoms with van der Waals surface area (Å²) in [5.74, 6) is 0.733. The van der Waals surface area contributed by atoms with Crippen molar-refractivity contribution in [1.29, 1.82) is 0 Å². The van der Waals surface area contributed by atoms with Crippen molar-refractivity contribution in [2.75, 3.05) is 19.0 Å². The smallest absolute Gasteiger partial charge is 0.143 e. The van der Waals surface area contributed by atoms with Gasteiger partial charge in [0.05, 0.1) is 12.8 Å². The first-order valence-corrected chi connectivity index (χ1v) is 5.60. The van der Waals surface area contributed by atoms with Crippen molar-refractivity contribution in [3.63, 3.8) is 0 Å². The summed E-state index contributed by atoms with van der Waals surface area (Å²) in [6.45, 7) is 6.58. The van der Waals surface area contributed by atoms with Crippen LogP contribution in [-0.2, 0) is 0 Å². The van der Waals surface area contributed by atoms with Crippen molar-refractivity contribution in [2.24, 2.45) is 5.73 Å². The van der Waals surface area contributed by atoms with E-state index in [-0.39, 0.29) is 5.54 Å². The maximum atomic E-state index is 6.04. The van der Waals surface area contributed by atoms with Crippen molar-refractivity contribution in [3.05, 3.63) is 22.7 Å². The van der Waals surface area contributed by atoms with Crippen LogP contribution in [0.5, 0.6) is 5.75 Å². The average Bonchev–Trinajstić information content (AvgIpc) is 2.22. The highest BCUT2D eigenvalue weighted by atomic mass is 35.5. The van der Waals surface area contributed by atoms with Crippen molar-refractivity contribution >= 4 is 17.3 Å². The van der Waals surface area contributed by atoms with Crippen molar-refractivity contribution in [1.82, 2.24) is 0 Å². The number of nitrogens with one attached hydrogen (secondary N) is 1. The zero-order valence-electron chi connectivity index (χ0n) is 10.2. The first-order chi connectivity index (χ1) is 7.39. The summed E-state index contributed by atoms with van der Waals surface area (Å²) in [5.41, 5.74) is 7.44. The van der Waals surface area contributed by atoms with E-state index in [9.17, 15) is 0 Å². The number of anilines is 1. The lowest BCUT2D eigenvalue weighted by molar-refractivity contribution is 0.414. The molecule has 0 saturated carbocycles. The van der Waals surface area contributed by atoms with Crippen molar-refractivity contribution < 1.29 is 4.74 Å². The molecule has 0 aliphatic carbocycles. The average molecular weight is 243 g/mol. The summed E-state index contributed by atoms with van der Waals surface area (Å²) in [6.07, 6.45) is 0. The van der Waals surface area contributed by atoms with Crippen LogP contribution in [0.3, 0.4) is 0 Å². The quantitative estimate of drug-likeness (QED) is 0.854. The molecule has 1 aromatic carbocycles. The predicted molar refractivity (Wildman–Crippen MR) is 69.5 cm³/mol. The predicted octanol–water partition coefficient (Wildman–Crippen LogP) is 2.81. The lowest BCUT2D eigenvalue weighted by Gasteiger charge is -2.27. The Morgan fingerprint density at radius 3 is 2.56 bits per heavy atom. The molecule has 0 heterocycles. The van der Waals surface area contributed by atoms with Crippen LogP contribution in [0.4, 0.5) is 5.69 Å². The Labute approximate surface area is 102 Å². The van der Waals surface area contributed by atoms with Crippen LogP contribution in [0, 0.1) is 6.92 Å². The Morgan fingerprint density at radius 2 is 2.06 bits per heavy atom. The first-order valence-electron chi connectivity index (χ1n) is 5.22. The molecule has 0 unspecified atom stereocenters. The van der Waals surface area contributed by atoms with Gasteiger partial charge in [0, 0.05) is 23.2 Å². The van der Waals surface area contributed by atoms with E-state index in [1.807, 2.05) is 32.9 Å². The van der Waals surface area contributed by atoms with Gasteiger partial charge in [-0.2, -0.15) is 0 Å². The summed E-state index contributed by atoms with van der Waals surface area (Å²) in [7, 11) is 1.63. The fraction of sp³-hybridized carbons (Fsp3) is 0.500. The van der Waals surface area contributed by atoms with Gasteiger partial charge in [-0.25, -0.2) is 0 Å². The van der Waals surface area contributed by atoms with Crippen LogP contribution in [0.2, 0.25) is 5.02 Å². The van der Waals surface area contributed by atoms with Crippen LogP contribution in [-0.4, -0.2) is 19.2 Å². The monoisotopic (exact) mass is 242 g/mol. The van der Waals surface area contributed by atoms with E-state index in [0.717, 1.165) is 17.0 Å². The Morgan fingerprint density at radius 1 is 1.44 bits per heavy atom. The molecule has 0 bridgehead atoms. The third kappa shape index (κ3) is 3.03. The van der Waals surface area contributed by atoms with E-state index in [1.54, 1.807) is 7.11 Å². The van der Waals surface area contributed by atoms with E-state index in [2.05, 4.69) is 5.32 Å². The van der Waals surface area contributed by atoms with Crippen LogP contribution in [0.1, 0.15) is 19.4 Å². The van der Waals surface area contributed by atoms with Crippen molar-refractivity contribution in [2.45, 2.75) is 26.3 Å². The molecule has 0 fully saturated rings. The molecule has 16 heavy (non-hydrogen) atoms. The molecule has 1 aromatic rings. The molecule has 0 atom stereocenters. The molecule has 90 valence electrons. The lowest BCUT2D eigenvalue weighted by atomic mass is 10.0. The molecule has 4 heteroatoms. The molecule has 1 rings (SSSR count).